The Hall–Kier alpha value is -1.21. The molecule has 0 spiro atoms. The van der Waals surface area contributed by atoms with E-state index in [-0.39, 0.29) is 13.5 Å². The smallest absolute Gasteiger partial charge is 0.00135 e. The molecule has 0 aliphatic heterocycles. The van der Waals surface area contributed by atoms with E-state index in [1.165, 1.54) is 22.3 Å². The van der Waals surface area contributed by atoms with E-state index < -0.39 is 0 Å². The first-order valence-corrected chi connectivity index (χ1v) is 4.61. The van der Waals surface area contributed by atoms with Crippen molar-refractivity contribution in [1.82, 2.24) is 0 Å². The molecule has 14 heavy (non-hydrogen) atoms. The first-order chi connectivity index (χ1) is 6.45. The van der Waals surface area contributed by atoms with Gasteiger partial charge in [0.1, 0.15) is 0 Å². The lowest BCUT2D eigenvalue weighted by Gasteiger charge is -1.98. The quantitative estimate of drug-likeness (QED) is 0.522. The van der Waals surface area contributed by atoms with E-state index in [1.807, 2.05) is 0 Å². The molecular weight excluding hydrogens is 188 g/mol. The van der Waals surface area contributed by atoms with Crippen molar-refractivity contribution in [1.29, 1.82) is 0 Å². The summed E-state index contributed by atoms with van der Waals surface area (Å²) in [5.74, 6) is 0. The summed E-state index contributed by atoms with van der Waals surface area (Å²) >= 11 is 0. The van der Waals surface area contributed by atoms with Crippen LogP contribution in [0, 0.1) is 0 Å². The molecule has 0 fully saturated rings. The Morgan fingerprint density at radius 2 is 1.07 bits per heavy atom. The van der Waals surface area contributed by atoms with Crippen molar-refractivity contribution in [3.8, 4) is 11.1 Å². The summed E-state index contributed by atoms with van der Waals surface area (Å²) in [6, 6.07) is 17.3. The maximum atomic E-state index is 2.22. The van der Waals surface area contributed by atoms with Gasteiger partial charge < -0.3 is 0 Å². The lowest BCUT2D eigenvalue weighted by Crippen LogP contribution is -1.77. The molecule has 1 aliphatic rings. The van der Waals surface area contributed by atoms with E-state index in [0.29, 0.717) is 0 Å². The lowest BCUT2D eigenvalue weighted by atomic mass is 10.1. The second-order valence-electron chi connectivity index (χ2n) is 3.49. The van der Waals surface area contributed by atoms with E-state index in [9.17, 15) is 0 Å². The molecule has 1 heteroatoms. The molecular formula is C13H12S. The zero-order valence-corrected chi connectivity index (χ0v) is 8.83. The lowest BCUT2D eigenvalue weighted by molar-refractivity contribution is 1.26. The SMILES string of the molecule is S.c1ccc2c(c1)Cc1ccccc1-2. The van der Waals surface area contributed by atoms with Crippen LogP contribution in [0.15, 0.2) is 48.5 Å². The molecule has 2 aromatic carbocycles. The Labute approximate surface area is 91.0 Å². The van der Waals surface area contributed by atoms with Gasteiger partial charge in [0.25, 0.3) is 0 Å². The first kappa shape index (κ1) is 9.35. The average molecular weight is 200 g/mol. The zero-order chi connectivity index (χ0) is 8.67. The fourth-order valence-electron chi connectivity index (χ4n) is 2.08. The highest BCUT2D eigenvalue weighted by Gasteiger charge is 2.15. The number of hydrogen-bond acceptors (Lipinski definition) is 0. The van der Waals surface area contributed by atoms with E-state index in [0.717, 1.165) is 6.42 Å². The van der Waals surface area contributed by atoms with Crippen molar-refractivity contribution in [2.24, 2.45) is 0 Å². The summed E-state index contributed by atoms with van der Waals surface area (Å²) in [7, 11) is 0. The molecule has 0 aromatic heterocycles. The van der Waals surface area contributed by atoms with Crippen molar-refractivity contribution < 1.29 is 0 Å². The van der Waals surface area contributed by atoms with Gasteiger partial charge in [-0.3, -0.25) is 0 Å². The van der Waals surface area contributed by atoms with Crippen LogP contribution in [0.4, 0.5) is 0 Å². The standard InChI is InChI=1S/C13H10.H2S/c1-3-7-12-10(5-1)9-11-6-2-4-8-13(11)12;/h1-8H,9H2;1H2. The highest BCUT2D eigenvalue weighted by molar-refractivity contribution is 7.59. The predicted octanol–water partition coefficient (Wildman–Crippen LogP) is 3.37. The zero-order valence-electron chi connectivity index (χ0n) is 7.83. The molecule has 0 amide bonds. The van der Waals surface area contributed by atoms with Gasteiger partial charge in [0.2, 0.25) is 0 Å². The van der Waals surface area contributed by atoms with Crippen LogP contribution in [0.25, 0.3) is 11.1 Å². The van der Waals surface area contributed by atoms with E-state index in [2.05, 4.69) is 48.5 Å². The summed E-state index contributed by atoms with van der Waals surface area (Å²) in [6.07, 6.45) is 1.10. The fourth-order valence-corrected chi connectivity index (χ4v) is 2.08. The van der Waals surface area contributed by atoms with Gasteiger partial charge in [-0.15, -0.1) is 0 Å². The van der Waals surface area contributed by atoms with E-state index >= 15 is 0 Å². The largest absolute Gasteiger partial charge is 0.197 e. The summed E-state index contributed by atoms with van der Waals surface area (Å²) in [5, 5.41) is 0. The first-order valence-electron chi connectivity index (χ1n) is 4.61. The third-order valence-electron chi connectivity index (χ3n) is 2.71. The second-order valence-corrected chi connectivity index (χ2v) is 3.49. The number of fused-ring (bicyclic) bond motifs is 3. The van der Waals surface area contributed by atoms with Crippen LogP contribution >= 0.6 is 13.5 Å². The van der Waals surface area contributed by atoms with Crippen LogP contribution in [0.1, 0.15) is 11.1 Å². The van der Waals surface area contributed by atoms with Gasteiger partial charge in [-0.05, 0) is 28.7 Å². The normalized spacial score (nSPS) is 11.4. The van der Waals surface area contributed by atoms with Gasteiger partial charge in [0, 0.05) is 0 Å². The molecule has 70 valence electrons. The second kappa shape index (κ2) is 3.50. The number of rotatable bonds is 0. The van der Waals surface area contributed by atoms with E-state index in [4.69, 9.17) is 0 Å². The third-order valence-corrected chi connectivity index (χ3v) is 2.71. The topological polar surface area (TPSA) is 0 Å². The van der Waals surface area contributed by atoms with Crippen molar-refractivity contribution in [2.45, 2.75) is 6.42 Å². The molecule has 3 rings (SSSR count). The maximum absolute atomic E-state index is 2.22. The van der Waals surface area contributed by atoms with Crippen molar-refractivity contribution in [2.75, 3.05) is 0 Å². The number of hydrogen-bond donors (Lipinski definition) is 0. The molecule has 0 unspecified atom stereocenters. The highest BCUT2D eigenvalue weighted by Crippen LogP contribution is 2.35. The molecule has 0 radical (unpaired) electrons. The third kappa shape index (κ3) is 1.25. The number of benzene rings is 2. The fraction of sp³-hybridized carbons (Fsp3) is 0.0769. The molecule has 0 saturated heterocycles. The van der Waals surface area contributed by atoms with Gasteiger partial charge >= 0.3 is 0 Å². The monoisotopic (exact) mass is 200 g/mol. The van der Waals surface area contributed by atoms with Gasteiger partial charge in [0.15, 0.2) is 0 Å². The van der Waals surface area contributed by atoms with Crippen LogP contribution in [0.2, 0.25) is 0 Å². The molecule has 0 nitrogen and oxygen atoms in total. The Morgan fingerprint density at radius 3 is 1.57 bits per heavy atom. The average Bonchev–Trinajstić information content (AvgIpc) is 2.56. The minimum Gasteiger partial charge on any atom is -0.197 e. The van der Waals surface area contributed by atoms with Gasteiger partial charge in [-0.25, -0.2) is 0 Å². The molecule has 0 bridgehead atoms. The molecule has 0 atom stereocenters. The predicted molar refractivity (Wildman–Crippen MR) is 65.1 cm³/mol. The minimum atomic E-state index is 0. The Bertz CT molecular complexity index is 417. The maximum Gasteiger partial charge on any atom is -0.00135 e. The summed E-state index contributed by atoms with van der Waals surface area (Å²) in [6.45, 7) is 0. The van der Waals surface area contributed by atoms with Crippen LogP contribution in [0.3, 0.4) is 0 Å². The summed E-state index contributed by atoms with van der Waals surface area (Å²) < 4.78 is 0. The van der Waals surface area contributed by atoms with Gasteiger partial charge in [-0.2, -0.15) is 13.5 Å². The molecule has 1 aliphatic carbocycles. The highest BCUT2D eigenvalue weighted by atomic mass is 32.1. The van der Waals surface area contributed by atoms with Crippen LogP contribution in [0.5, 0.6) is 0 Å². The molecule has 0 N–H and O–H groups in total. The summed E-state index contributed by atoms with van der Waals surface area (Å²) in [4.78, 5) is 0. The van der Waals surface area contributed by atoms with Crippen LogP contribution in [-0.4, -0.2) is 0 Å². The van der Waals surface area contributed by atoms with Crippen molar-refractivity contribution in [3.05, 3.63) is 59.7 Å². The van der Waals surface area contributed by atoms with E-state index in [1.54, 1.807) is 0 Å². The summed E-state index contributed by atoms with van der Waals surface area (Å²) in [5.41, 5.74) is 5.75. The van der Waals surface area contributed by atoms with Crippen molar-refractivity contribution >= 4 is 13.5 Å². The van der Waals surface area contributed by atoms with Gasteiger partial charge in [0.05, 0.1) is 0 Å². The Morgan fingerprint density at radius 1 is 0.643 bits per heavy atom. The van der Waals surface area contributed by atoms with Crippen LogP contribution < -0.4 is 0 Å². The van der Waals surface area contributed by atoms with Crippen molar-refractivity contribution in [3.63, 3.8) is 0 Å². The molecule has 0 saturated carbocycles. The Balaban J connectivity index is 0.000000750. The molecule has 0 heterocycles. The molecule has 2 aromatic rings. The van der Waals surface area contributed by atoms with Crippen LogP contribution in [-0.2, 0) is 6.42 Å². The van der Waals surface area contributed by atoms with Gasteiger partial charge in [-0.1, -0.05) is 48.5 Å². The Kier molecular flexibility index (Phi) is 2.34. The minimum absolute atomic E-state index is 0.